The van der Waals surface area contributed by atoms with Crippen molar-refractivity contribution in [1.82, 2.24) is 0 Å². The molecule has 0 aliphatic carbocycles. The van der Waals surface area contributed by atoms with Gasteiger partial charge in [-0.25, -0.2) is 4.79 Å². The van der Waals surface area contributed by atoms with Crippen molar-refractivity contribution >= 4 is 33.9 Å². The first kappa shape index (κ1) is 15.2. The van der Waals surface area contributed by atoms with E-state index in [-0.39, 0.29) is 19.0 Å². The Morgan fingerprint density at radius 2 is 1.74 bits per heavy atom. The highest BCUT2D eigenvalue weighted by Crippen LogP contribution is 2.20. The van der Waals surface area contributed by atoms with Gasteiger partial charge in [-0.3, -0.25) is 4.79 Å². The summed E-state index contributed by atoms with van der Waals surface area (Å²) in [7, 11) is 0. The summed E-state index contributed by atoms with van der Waals surface area (Å²) < 4.78 is 10.3. The lowest BCUT2D eigenvalue weighted by Gasteiger charge is -2.07. The number of esters is 1. The molecule has 0 amide bonds. The molecule has 0 atom stereocenters. The van der Waals surface area contributed by atoms with Crippen molar-refractivity contribution < 1.29 is 19.1 Å². The highest BCUT2D eigenvalue weighted by atomic mass is 32.1. The molecular weight excluding hydrogens is 312 g/mol. The maximum atomic E-state index is 11.7. The van der Waals surface area contributed by atoms with E-state index < -0.39 is 5.97 Å². The van der Waals surface area contributed by atoms with Crippen LogP contribution >= 0.6 is 11.3 Å². The first-order valence-corrected chi connectivity index (χ1v) is 7.94. The molecule has 1 heterocycles. The minimum absolute atomic E-state index is 0.209. The van der Waals surface area contributed by atoms with Crippen LogP contribution in [0.2, 0.25) is 0 Å². The van der Waals surface area contributed by atoms with Gasteiger partial charge in [0.25, 0.3) is 0 Å². The molecule has 5 heteroatoms. The fourth-order valence-electron chi connectivity index (χ4n) is 2.10. The van der Waals surface area contributed by atoms with E-state index >= 15 is 0 Å². The highest BCUT2D eigenvalue weighted by molar-refractivity contribution is 7.12. The van der Waals surface area contributed by atoms with Crippen LogP contribution in [0.3, 0.4) is 0 Å². The van der Waals surface area contributed by atoms with Gasteiger partial charge in [-0.15, -0.1) is 11.3 Å². The second kappa shape index (κ2) is 7.07. The molecule has 116 valence electrons. The summed E-state index contributed by atoms with van der Waals surface area (Å²) >= 11 is 1.32. The quantitative estimate of drug-likeness (QED) is 0.512. The average molecular weight is 326 g/mol. The molecule has 0 aliphatic rings. The van der Waals surface area contributed by atoms with Crippen LogP contribution in [0, 0.1) is 0 Å². The number of carbonyl (C=O) groups excluding carboxylic acids is 2. The third-order valence-electron chi connectivity index (χ3n) is 3.24. The summed E-state index contributed by atoms with van der Waals surface area (Å²) in [6, 6.07) is 16.9. The van der Waals surface area contributed by atoms with Gasteiger partial charge >= 0.3 is 5.97 Å². The Bertz CT molecular complexity index is 824. The van der Waals surface area contributed by atoms with Crippen LogP contribution < -0.4 is 4.74 Å². The predicted molar refractivity (Wildman–Crippen MR) is 89.1 cm³/mol. The van der Waals surface area contributed by atoms with Crippen LogP contribution in [0.25, 0.3) is 10.8 Å². The number of ether oxygens (including phenoxy) is 2. The molecule has 0 spiro atoms. The van der Waals surface area contributed by atoms with E-state index in [1.54, 1.807) is 23.6 Å². The topological polar surface area (TPSA) is 52.6 Å². The predicted octanol–water partition coefficient (Wildman–Crippen LogP) is 3.71. The van der Waals surface area contributed by atoms with Crippen LogP contribution in [-0.2, 0) is 9.53 Å². The Labute approximate surface area is 137 Å². The van der Waals surface area contributed by atoms with Crippen molar-refractivity contribution in [3.63, 3.8) is 0 Å². The Morgan fingerprint density at radius 1 is 0.913 bits per heavy atom. The van der Waals surface area contributed by atoms with Gasteiger partial charge in [0.1, 0.15) is 5.75 Å². The van der Waals surface area contributed by atoms with Gasteiger partial charge in [-0.05, 0) is 34.4 Å². The second-order valence-electron chi connectivity index (χ2n) is 4.86. The number of thiophene rings is 1. The smallest absolute Gasteiger partial charge is 0.344 e. The minimum Gasteiger partial charge on any atom is -0.482 e. The van der Waals surface area contributed by atoms with Crippen molar-refractivity contribution in [1.29, 1.82) is 0 Å². The summed E-state index contributed by atoms with van der Waals surface area (Å²) in [4.78, 5) is 24.0. The Morgan fingerprint density at radius 3 is 2.52 bits per heavy atom. The summed E-state index contributed by atoms with van der Waals surface area (Å²) in [6.45, 7) is -0.490. The number of hydrogen-bond donors (Lipinski definition) is 0. The molecular formula is C18H14O4S. The molecule has 0 saturated heterocycles. The Balaban J connectivity index is 1.51. The largest absolute Gasteiger partial charge is 0.482 e. The number of rotatable bonds is 6. The van der Waals surface area contributed by atoms with Crippen LogP contribution in [0.4, 0.5) is 0 Å². The van der Waals surface area contributed by atoms with E-state index in [1.165, 1.54) is 11.3 Å². The van der Waals surface area contributed by atoms with E-state index in [0.29, 0.717) is 10.6 Å². The monoisotopic (exact) mass is 326 g/mol. The van der Waals surface area contributed by atoms with Crippen LogP contribution in [0.15, 0.2) is 60.0 Å². The average Bonchev–Trinajstić information content (AvgIpc) is 3.12. The number of benzene rings is 2. The Hall–Kier alpha value is -2.66. The maximum absolute atomic E-state index is 11.7. The summed E-state index contributed by atoms with van der Waals surface area (Å²) in [6.07, 6.45) is 0. The summed E-state index contributed by atoms with van der Waals surface area (Å²) in [5, 5.41) is 3.94. The van der Waals surface area contributed by atoms with Gasteiger partial charge in [0.15, 0.2) is 13.2 Å². The molecule has 1 aromatic heterocycles. The van der Waals surface area contributed by atoms with Gasteiger partial charge in [0.05, 0.1) is 4.88 Å². The van der Waals surface area contributed by atoms with Crippen LogP contribution in [0.1, 0.15) is 9.67 Å². The first-order chi connectivity index (χ1) is 11.2. The van der Waals surface area contributed by atoms with Gasteiger partial charge < -0.3 is 9.47 Å². The maximum Gasteiger partial charge on any atom is 0.344 e. The molecule has 0 saturated carbocycles. The van der Waals surface area contributed by atoms with Crippen molar-refractivity contribution in [3.8, 4) is 5.75 Å². The number of ketones is 1. The van der Waals surface area contributed by atoms with E-state index in [9.17, 15) is 9.59 Å². The zero-order valence-corrected chi connectivity index (χ0v) is 13.0. The number of fused-ring (bicyclic) bond motifs is 1. The zero-order valence-electron chi connectivity index (χ0n) is 12.2. The van der Waals surface area contributed by atoms with E-state index in [0.717, 1.165) is 10.8 Å². The van der Waals surface area contributed by atoms with E-state index in [4.69, 9.17) is 9.47 Å². The summed E-state index contributed by atoms with van der Waals surface area (Å²) in [5.74, 6) is -0.188. The minimum atomic E-state index is -0.567. The molecule has 23 heavy (non-hydrogen) atoms. The molecule has 2 aromatic carbocycles. The first-order valence-electron chi connectivity index (χ1n) is 7.06. The SMILES string of the molecule is O=C(COc1ccc2ccccc2c1)OCC(=O)c1cccs1. The third-order valence-corrected chi connectivity index (χ3v) is 4.15. The van der Waals surface area contributed by atoms with Crippen molar-refractivity contribution in [2.45, 2.75) is 0 Å². The molecule has 3 rings (SSSR count). The van der Waals surface area contributed by atoms with Crippen molar-refractivity contribution in [3.05, 3.63) is 64.9 Å². The summed E-state index contributed by atoms with van der Waals surface area (Å²) in [5.41, 5.74) is 0. The van der Waals surface area contributed by atoms with E-state index in [2.05, 4.69) is 0 Å². The zero-order chi connectivity index (χ0) is 16.1. The lowest BCUT2D eigenvalue weighted by molar-refractivity contribution is -0.144. The molecule has 0 aliphatic heterocycles. The van der Waals surface area contributed by atoms with E-state index in [1.807, 2.05) is 36.4 Å². The highest BCUT2D eigenvalue weighted by Gasteiger charge is 2.11. The molecule has 0 radical (unpaired) electrons. The number of Topliss-reactive ketones (excluding diaryl/α,β-unsaturated/α-hetero) is 1. The second-order valence-corrected chi connectivity index (χ2v) is 5.81. The van der Waals surface area contributed by atoms with Gasteiger partial charge in [0.2, 0.25) is 5.78 Å². The van der Waals surface area contributed by atoms with Crippen molar-refractivity contribution in [2.75, 3.05) is 13.2 Å². The lowest BCUT2D eigenvalue weighted by Crippen LogP contribution is -2.19. The standard InChI is InChI=1S/C18H14O4S/c19-16(17-6-3-9-23-17)11-22-18(20)12-21-15-8-7-13-4-1-2-5-14(13)10-15/h1-10H,11-12H2. The van der Waals surface area contributed by atoms with Gasteiger partial charge in [-0.2, -0.15) is 0 Å². The fraction of sp³-hybridized carbons (Fsp3) is 0.111. The number of hydrogen-bond acceptors (Lipinski definition) is 5. The van der Waals surface area contributed by atoms with Gasteiger partial charge in [0, 0.05) is 0 Å². The lowest BCUT2D eigenvalue weighted by atomic mass is 10.1. The van der Waals surface area contributed by atoms with Gasteiger partial charge in [-0.1, -0.05) is 36.4 Å². The third kappa shape index (κ3) is 3.96. The molecule has 3 aromatic rings. The molecule has 0 bridgehead atoms. The normalized spacial score (nSPS) is 10.4. The molecule has 0 fully saturated rings. The van der Waals surface area contributed by atoms with Crippen LogP contribution in [-0.4, -0.2) is 25.0 Å². The Kier molecular flexibility index (Phi) is 4.68. The molecule has 0 unspecified atom stereocenters. The molecule has 4 nitrogen and oxygen atoms in total. The number of carbonyl (C=O) groups is 2. The fourth-order valence-corrected chi connectivity index (χ4v) is 2.75. The molecule has 0 N–H and O–H groups in total. The van der Waals surface area contributed by atoms with Crippen molar-refractivity contribution in [2.24, 2.45) is 0 Å². The van der Waals surface area contributed by atoms with Crippen LogP contribution in [0.5, 0.6) is 5.75 Å².